The second-order valence-corrected chi connectivity index (χ2v) is 6.79. The molecule has 1 amide bonds. The topological polar surface area (TPSA) is 77.2 Å². The Kier molecular flexibility index (Phi) is 4.49. The number of hydrogen-bond acceptors (Lipinski definition) is 4. The average Bonchev–Trinajstić information content (AvgIpc) is 3.12. The summed E-state index contributed by atoms with van der Waals surface area (Å²) in [6, 6.07) is 0. The lowest BCUT2D eigenvalue weighted by Crippen LogP contribution is -2.38. The molecular formula is C18H24N4O3. The third-order valence-corrected chi connectivity index (χ3v) is 5.22. The first-order valence-corrected chi connectivity index (χ1v) is 8.66. The van der Waals surface area contributed by atoms with Crippen LogP contribution in [0.5, 0.6) is 0 Å². The number of hydrogen-bond donors (Lipinski definition) is 0. The number of aromatic nitrogens is 3. The largest absolute Gasteiger partial charge is 0.343 e. The molecule has 2 aromatic heterocycles. The summed E-state index contributed by atoms with van der Waals surface area (Å²) < 4.78 is 2.50. The van der Waals surface area contributed by atoms with Crippen LogP contribution in [0.15, 0.2) is 9.59 Å². The van der Waals surface area contributed by atoms with Crippen molar-refractivity contribution in [3.8, 4) is 0 Å². The Labute approximate surface area is 145 Å². The fraction of sp³-hybridized carbons (Fsp3) is 0.556. The van der Waals surface area contributed by atoms with Crippen LogP contribution in [0.4, 0.5) is 0 Å². The van der Waals surface area contributed by atoms with E-state index < -0.39 is 0 Å². The first-order chi connectivity index (χ1) is 11.8. The molecule has 134 valence electrons. The van der Waals surface area contributed by atoms with Gasteiger partial charge in [0.25, 0.3) is 5.56 Å². The molecule has 0 aromatic carbocycles. The van der Waals surface area contributed by atoms with Crippen molar-refractivity contribution in [3.63, 3.8) is 0 Å². The molecule has 0 saturated carbocycles. The normalized spacial score (nSPS) is 14.5. The van der Waals surface area contributed by atoms with Gasteiger partial charge in [0, 0.05) is 39.3 Å². The Morgan fingerprint density at radius 1 is 1.08 bits per heavy atom. The van der Waals surface area contributed by atoms with E-state index in [1.165, 1.54) is 11.6 Å². The second kappa shape index (κ2) is 6.46. The average molecular weight is 344 g/mol. The molecule has 7 nitrogen and oxygen atoms in total. The van der Waals surface area contributed by atoms with E-state index >= 15 is 0 Å². The number of nitrogens with zero attached hydrogens (tertiary/aromatic N) is 4. The van der Waals surface area contributed by atoms with Crippen molar-refractivity contribution in [2.24, 2.45) is 14.1 Å². The molecule has 2 aromatic rings. The first kappa shape index (κ1) is 17.4. The molecule has 3 heterocycles. The Hall–Kier alpha value is -2.44. The van der Waals surface area contributed by atoms with Crippen molar-refractivity contribution >= 4 is 16.9 Å². The van der Waals surface area contributed by atoms with Crippen LogP contribution >= 0.6 is 0 Å². The standard InChI is InChI=1S/C18H24N4O3/c1-11-13(7-8-14(23)22-9-5-6-10-22)12(2)19-16-15(11)17(24)21(4)18(25)20(16)3/h5-10H2,1-4H3. The zero-order valence-corrected chi connectivity index (χ0v) is 15.3. The maximum Gasteiger partial charge on any atom is 0.332 e. The van der Waals surface area contributed by atoms with Gasteiger partial charge in [-0.2, -0.15) is 0 Å². The number of likely N-dealkylation sites (tertiary alicyclic amines) is 1. The van der Waals surface area contributed by atoms with Gasteiger partial charge < -0.3 is 4.90 Å². The minimum absolute atomic E-state index is 0.157. The minimum atomic E-state index is -0.388. The van der Waals surface area contributed by atoms with Crippen LogP contribution in [0, 0.1) is 13.8 Å². The first-order valence-electron chi connectivity index (χ1n) is 8.66. The molecule has 7 heteroatoms. The van der Waals surface area contributed by atoms with E-state index in [4.69, 9.17) is 0 Å². The molecule has 0 atom stereocenters. The summed E-state index contributed by atoms with van der Waals surface area (Å²) in [6.07, 6.45) is 3.12. The van der Waals surface area contributed by atoms with Crippen LogP contribution in [0.2, 0.25) is 0 Å². The van der Waals surface area contributed by atoms with E-state index in [9.17, 15) is 14.4 Å². The minimum Gasteiger partial charge on any atom is -0.343 e. The SMILES string of the molecule is Cc1nc2c(c(C)c1CCC(=O)N1CCCC1)c(=O)n(C)c(=O)n2C. The summed E-state index contributed by atoms with van der Waals surface area (Å²) in [5, 5.41) is 0.457. The van der Waals surface area contributed by atoms with Crippen molar-refractivity contribution in [1.82, 2.24) is 19.0 Å². The lowest BCUT2D eigenvalue weighted by atomic mass is 9.99. The number of amides is 1. The van der Waals surface area contributed by atoms with Crippen LogP contribution in [0.25, 0.3) is 11.0 Å². The van der Waals surface area contributed by atoms with Gasteiger partial charge in [0.05, 0.1) is 5.39 Å². The summed E-state index contributed by atoms with van der Waals surface area (Å²) in [5.74, 6) is 0.157. The van der Waals surface area contributed by atoms with Crippen LogP contribution in [0.1, 0.15) is 36.1 Å². The molecular weight excluding hydrogens is 320 g/mol. The van der Waals surface area contributed by atoms with Crippen molar-refractivity contribution in [2.45, 2.75) is 39.5 Å². The van der Waals surface area contributed by atoms with E-state index in [1.54, 1.807) is 7.05 Å². The Morgan fingerprint density at radius 3 is 2.36 bits per heavy atom. The Bertz CT molecular complexity index is 965. The highest BCUT2D eigenvalue weighted by Crippen LogP contribution is 2.21. The van der Waals surface area contributed by atoms with E-state index in [0.717, 1.165) is 47.3 Å². The highest BCUT2D eigenvalue weighted by Gasteiger charge is 2.20. The van der Waals surface area contributed by atoms with Crippen LogP contribution in [-0.4, -0.2) is 38.0 Å². The van der Waals surface area contributed by atoms with Crippen LogP contribution < -0.4 is 11.2 Å². The number of rotatable bonds is 3. The number of pyridine rings is 1. The van der Waals surface area contributed by atoms with Gasteiger partial charge in [-0.1, -0.05) is 0 Å². The van der Waals surface area contributed by atoms with E-state index in [1.807, 2.05) is 18.7 Å². The third kappa shape index (κ3) is 2.88. The zero-order valence-electron chi connectivity index (χ0n) is 15.3. The lowest BCUT2D eigenvalue weighted by Gasteiger charge is -2.17. The molecule has 0 radical (unpaired) electrons. The van der Waals surface area contributed by atoms with Gasteiger partial charge in [0.15, 0.2) is 0 Å². The van der Waals surface area contributed by atoms with Gasteiger partial charge >= 0.3 is 5.69 Å². The van der Waals surface area contributed by atoms with Gasteiger partial charge in [-0.05, 0) is 44.2 Å². The van der Waals surface area contributed by atoms with Crippen molar-refractivity contribution in [2.75, 3.05) is 13.1 Å². The van der Waals surface area contributed by atoms with Gasteiger partial charge in [-0.25, -0.2) is 9.78 Å². The molecule has 0 N–H and O–H groups in total. The molecule has 1 aliphatic rings. The smallest absolute Gasteiger partial charge is 0.332 e. The molecule has 3 rings (SSSR count). The summed E-state index contributed by atoms with van der Waals surface area (Å²) in [4.78, 5) is 43.4. The number of fused-ring (bicyclic) bond motifs is 1. The predicted octanol–water partition coefficient (Wildman–Crippen LogP) is 0.804. The number of carbonyl (C=O) groups is 1. The molecule has 1 fully saturated rings. The Balaban J connectivity index is 2.03. The van der Waals surface area contributed by atoms with Crippen LogP contribution in [0.3, 0.4) is 0 Å². The van der Waals surface area contributed by atoms with Gasteiger partial charge in [0.2, 0.25) is 5.91 Å². The van der Waals surface area contributed by atoms with Gasteiger partial charge in [0.1, 0.15) is 5.65 Å². The highest BCUT2D eigenvalue weighted by molar-refractivity contribution is 5.81. The Morgan fingerprint density at radius 2 is 1.72 bits per heavy atom. The lowest BCUT2D eigenvalue weighted by molar-refractivity contribution is -0.130. The number of carbonyl (C=O) groups excluding carboxylic acids is 1. The third-order valence-electron chi connectivity index (χ3n) is 5.22. The van der Waals surface area contributed by atoms with Gasteiger partial charge in [-0.15, -0.1) is 0 Å². The van der Waals surface area contributed by atoms with Gasteiger partial charge in [-0.3, -0.25) is 18.7 Å². The number of aryl methyl sites for hydroxylation is 3. The summed E-state index contributed by atoms with van der Waals surface area (Å²) in [5.41, 5.74) is 2.18. The molecule has 0 bridgehead atoms. The molecule has 0 aliphatic carbocycles. The maximum absolute atomic E-state index is 12.6. The van der Waals surface area contributed by atoms with E-state index in [-0.39, 0.29) is 17.2 Å². The zero-order chi connectivity index (χ0) is 18.3. The van der Waals surface area contributed by atoms with Crippen molar-refractivity contribution in [1.29, 1.82) is 0 Å². The van der Waals surface area contributed by atoms with E-state index in [0.29, 0.717) is 23.9 Å². The quantitative estimate of drug-likeness (QED) is 0.825. The maximum atomic E-state index is 12.6. The van der Waals surface area contributed by atoms with Crippen molar-refractivity contribution < 1.29 is 4.79 Å². The summed E-state index contributed by atoms with van der Waals surface area (Å²) in [6.45, 7) is 5.42. The van der Waals surface area contributed by atoms with E-state index in [2.05, 4.69) is 4.98 Å². The summed E-state index contributed by atoms with van der Waals surface area (Å²) in [7, 11) is 3.09. The molecule has 0 spiro atoms. The predicted molar refractivity (Wildman–Crippen MR) is 95.8 cm³/mol. The summed E-state index contributed by atoms with van der Waals surface area (Å²) >= 11 is 0. The monoisotopic (exact) mass is 344 g/mol. The molecule has 1 saturated heterocycles. The fourth-order valence-electron chi connectivity index (χ4n) is 3.67. The fourth-order valence-corrected chi connectivity index (χ4v) is 3.67. The van der Waals surface area contributed by atoms with Crippen molar-refractivity contribution in [3.05, 3.63) is 37.7 Å². The molecule has 1 aliphatic heterocycles. The highest BCUT2D eigenvalue weighted by atomic mass is 16.2. The second-order valence-electron chi connectivity index (χ2n) is 6.79. The van der Waals surface area contributed by atoms with Crippen LogP contribution in [-0.2, 0) is 25.3 Å². The molecule has 0 unspecified atom stereocenters. The molecule has 25 heavy (non-hydrogen) atoms.